The molecule has 0 aromatic carbocycles. The van der Waals surface area contributed by atoms with Crippen molar-refractivity contribution in [2.45, 2.75) is 32.5 Å². The number of rotatable bonds is 7. The molecule has 0 spiro atoms. The van der Waals surface area contributed by atoms with Crippen LogP contribution < -0.4 is 0 Å². The molecule has 0 aromatic rings. The van der Waals surface area contributed by atoms with Crippen molar-refractivity contribution < 1.29 is 15.0 Å². The highest BCUT2D eigenvalue weighted by atomic mass is 16.3. The standard InChI is InChI=1S/C12H21NO3/c1-5-7-13(8-9(3)6-2)12(16)11(15)10(4)14/h6,10-11,14-15H,2-3,5,7-8H2,1,4H3. The molecule has 2 unspecified atom stereocenters. The summed E-state index contributed by atoms with van der Waals surface area (Å²) in [5.74, 6) is -0.472. The first-order valence-corrected chi connectivity index (χ1v) is 5.39. The number of aliphatic hydroxyl groups is 2. The van der Waals surface area contributed by atoms with Gasteiger partial charge in [-0.3, -0.25) is 4.79 Å². The Balaban J connectivity index is 4.57. The molecule has 0 aliphatic carbocycles. The predicted molar refractivity (Wildman–Crippen MR) is 63.9 cm³/mol. The van der Waals surface area contributed by atoms with E-state index in [-0.39, 0.29) is 0 Å². The van der Waals surface area contributed by atoms with E-state index in [2.05, 4.69) is 13.2 Å². The summed E-state index contributed by atoms with van der Waals surface area (Å²) in [7, 11) is 0. The van der Waals surface area contributed by atoms with Gasteiger partial charge >= 0.3 is 0 Å². The molecule has 0 radical (unpaired) electrons. The summed E-state index contributed by atoms with van der Waals surface area (Å²) in [5, 5.41) is 18.6. The van der Waals surface area contributed by atoms with Gasteiger partial charge in [0.15, 0.2) is 6.10 Å². The molecule has 4 nitrogen and oxygen atoms in total. The molecular weight excluding hydrogens is 206 g/mol. The Morgan fingerprint density at radius 2 is 2.06 bits per heavy atom. The van der Waals surface area contributed by atoms with E-state index < -0.39 is 18.1 Å². The minimum Gasteiger partial charge on any atom is -0.390 e. The third-order valence-corrected chi connectivity index (χ3v) is 2.20. The van der Waals surface area contributed by atoms with Gasteiger partial charge in [0.05, 0.1) is 6.10 Å². The molecule has 2 N–H and O–H groups in total. The van der Waals surface area contributed by atoms with Gasteiger partial charge in [0.1, 0.15) is 0 Å². The number of nitrogens with zero attached hydrogens (tertiary/aromatic N) is 1. The Morgan fingerprint density at radius 3 is 2.44 bits per heavy atom. The predicted octanol–water partition coefficient (Wildman–Crippen LogP) is 0.709. The Morgan fingerprint density at radius 1 is 1.50 bits per heavy atom. The van der Waals surface area contributed by atoms with E-state index in [9.17, 15) is 9.90 Å². The van der Waals surface area contributed by atoms with Gasteiger partial charge < -0.3 is 15.1 Å². The molecule has 16 heavy (non-hydrogen) atoms. The Labute approximate surface area is 96.9 Å². The second-order valence-electron chi connectivity index (χ2n) is 3.81. The zero-order valence-electron chi connectivity index (χ0n) is 10.0. The van der Waals surface area contributed by atoms with Crippen LogP contribution in [0, 0.1) is 0 Å². The number of amides is 1. The summed E-state index contributed by atoms with van der Waals surface area (Å²) >= 11 is 0. The third kappa shape index (κ3) is 4.59. The highest BCUT2D eigenvalue weighted by Crippen LogP contribution is 2.05. The molecule has 4 heteroatoms. The van der Waals surface area contributed by atoms with Crippen LogP contribution in [0.25, 0.3) is 0 Å². The van der Waals surface area contributed by atoms with Crippen molar-refractivity contribution in [3.05, 3.63) is 24.8 Å². The van der Waals surface area contributed by atoms with Crippen molar-refractivity contribution in [3.8, 4) is 0 Å². The first-order chi connectivity index (χ1) is 7.43. The molecule has 0 saturated carbocycles. The van der Waals surface area contributed by atoms with Crippen molar-refractivity contribution in [1.82, 2.24) is 4.90 Å². The number of carbonyl (C=O) groups excluding carboxylic acids is 1. The molecule has 0 heterocycles. The van der Waals surface area contributed by atoms with E-state index in [4.69, 9.17) is 5.11 Å². The van der Waals surface area contributed by atoms with Gasteiger partial charge in [0, 0.05) is 13.1 Å². The lowest BCUT2D eigenvalue weighted by atomic mass is 10.1. The zero-order chi connectivity index (χ0) is 12.7. The van der Waals surface area contributed by atoms with Crippen LogP contribution in [0.1, 0.15) is 20.3 Å². The van der Waals surface area contributed by atoms with E-state index in [1.165, 1.54) is 11.8 Å². The largest absolute Gasteiger partial charge is 0.390 e. The first kappa shape index (κ1) is 14.9. The highest BCUT2D eigenvalue weighted by Gasteiger charge is 2.25. The van der Waals surface area contributed by atoms with E-state index in [1.807, 2.05) is 6.92 Å². The van der Waals surface area contributed by atoms with Gasteiger partial charge in [0.2, 0.25) is 0 Å². The fraction of sp³-hybridized carbons (Fsp3) is 0.583. The van der Waals surface area contributed by atoms with E-state index in [1.54, 1.807) is 6.08 Å². The van der Waals surface area contributed by atoms with Gasteiger partial charge in [-0.2, -0.15) is 0 Å². The van der Waals surface area contributed by atoms with Crippen LogP contribution >= 0.6 is 0 Å². The average molecular weight is 227 g/mol. The van der Waals surface area contributed by atoms with Crippen molar-refractivity contribution >= 4 is 5.91 Å². The van der Waals surface area contributed by atoms with Crippen LogP contribution in [0.5, 0.6) is 0 Å². The lowest BCUT2D eigenvalue weighted by Gasteiger charge is -2.26. The summed E-state index contributed by atoms with van der Waals surface area (Å²) in [6, 6.07) is 0. The Bertz CT molecular complexity index is 261. The number of hydrogen-bond donors (Lipinski definition) is 2. The van der Waals surface area contributed by atoms with Crippen molar-refractivity contribution in [3.63, 3.8) is 0 Å². The van der Waals surface area contributed by atoms with Crippen LogP contribution in [0.4, 0.5) is 0 Å². The third-order valence-electron chi connectivity index (χ3n) is 2.20. The quantitative estimate of drug-likeness (QED) is 0.630. The molecule has 0 rings (SSSR count). The van der Waals surface area contributed by atoms with E-state index in [0.29, 0.717) is 18.7 Å². The zero-order valence-corrected chi connectivity index (χ0v) is 10.0. The van der Waals surface area contributed by atoms with Gasteiger partial charge in [-0.1, -0.05) is 26.2 Å². The normalized spacial score (nSPS) is 14.0. The Hall–Kier alpha value is -1.13. The summed E-state index contributed by atoms with van der Waals surface area (Å²) in [6.45, 7) is 11.5. The smallest absolute Gasteiger partial charge is 0.254 e. The maximum atomic E-state index is 11.8. The van der Waals surface area contributed by atoms with Crippen molar-refractivity contribution in [2.75, 3.05) is 13.1 Å². The van der Waals surface area contributed by atoms with Crippen LogP contribution in [0.3, 0.4) is 0 Å². The van der Waals surface area contributed by atoms with Gasteiger partial charge in [0.25, 0.3) is 5.91 Å². The van der Waals surface area contributed by atoms with Crippen LogP contribution in [0.2, 0.25) is 0 Å². The second kappa shape index (κ2) is 7.19. The lowest BCUT2D eigenvalue weighted by Crippen LogP contribution is -2.45. The molecule has 1 amide bonds. The first-order valence-electron chi connectivity index (χ1n) is 5.39. The highest BCUT2D eigenvalue weighted by molar-refractivity contribution is 5.81. The van der Waals surface area contributed by atoms with Gasteiger partial charge in [-0.15, -0.1) is 0 Å². The molecule has 0 fully saturated rings. The maximum absolute atomic E-state index is 11.8. The molecule has 92 valence electrons. The minimum absolute atomic E-state index is 0.333. The van der Waals surface area contributed by atoms with Crippen molar-refractivity contribution in [1.29, 1.82) is 0 Å². The lowest BCUT2D eigenvalue weighted by molar-refractivity contribution is -0.145. The van der Waals surface area contributed by atoms with E-state index in [0.717, 1.165) is 6.42 Å². The van der Waals surface area contributed by atoms with E-state index >= 15 is 0 Å². The molecule has 0 aliphatic heterocycles. The summed E-state index contributed by atoms with van der Waals surface area (Å²) < 4.78 is 0. The SMILES string of the molecule is C=CC(=C)CN(CCC)C(=O)C(O)C(C)O. The minimum atomic E-state index is -1.37. The van der Waals surface area contributed by atoms with Crippen molar-refractivity contribution in [2.24, 2.45) is 0 Å². The monoisotopic (exact) mass is 227 g/mol. The molecule has 0 bridgehead atoms. The molecule has 0 aliphatic rings. The molecule has 0 aromatic heterocycles. The fourth-order valence-electron chi connectivity index (χ4n) is 1.24. The number of hydrogen-bond acceptors (Lipinski definition) is 3. The van der Waals surface area contributed by atoms with Gasteiger partial charge in [-0.25, -0.2) is 0 Å². The second-order valence-corrected chi connectivity index (χ2v) is 3.81. The summed E-state index contributed by atoms with van der Waals surface area (Å²) in [6.07, 6.45) is -0.0825. The number of aliphatic hydroxyl groups excluding tert-OH is 2. The summed E-state index contributed by atoms with van der Waals surface area (Å²) in [4.78, 5) is 13.2. The Kier molecular flexibility index (Phi) is 6.69. The molecule has 2 atom stereocenters. The van der Waals surface area contributed by atoms with Crippen LogP contribution in [-0.2, 0) is 4.79 Å². The van der Waals surface area contributed by atoms with Crippen LogP contribution in [0.15, 0.2) is 24.8 Å². The van der Waals surface area contributed by atoms with Gasteiger partial charge in [-0.05, 0) is 18.9 Å². The summed E-state index contributed by atoms with van der Waals surface area (Å²) in [5.41, 5.74) is 0.708. The molecule has 0 saturated heterocycles. The molecular formula is C12H21NO3. The number of carbonyl (C=O) groups is 1. The van der Waals surface area contributed by atoms with Crippen LogP contribution in [-0.4, -0.2) is 46.3 Å². The maximum Gasteiger partial charge on any atom is 0.254 e. The fourth-order valence-corrected chi connectivity index (χ4v) is 1.24. The average Bonchev–Trinajstić information content (AvgIpc) is 2.26. The topological polar surface area (TPSA) is 60.8 Å².